The Morgan fingerprint density at radius 3 is 2.48 bits per heavy atom. The number of rotatable bonds is 9. The van der Waals surface area contributed by atoms with Crippen molar-refractivity contribution in [1.29, 1.82) is 0 Å². The molecule has 0 aliphatic carbocycles. The predicted octanol–water partition coefficient (Wildman–Crippen LogP) is 2.31. The van der Waals surface area contributed by atoms with Crippen molar-refractivity contribution in [3.63, 3.8) is 0 Å². The molecule has 2 aromatic rings. The summed E-state index contributed by atoms with van der Waals surface area (Å²) >= 11 is 0. The van der Waals surface area contributed by atoms with Gasteiger partial charge in [-0.1, -0.05) is 18.2 Å². The first-order valence-corrected chi connectivity index (χ1v) is 11.1. The molecular weight excluding hydrogens is 429 g/mol. The van der Waals surface area contributed by atoms with Gasteiger partial charge in [-0.05, 0) is 24.6 Å². The minimum absolute atomic E-state index is 0.0675. The molecule has 11 heteroatoms. The summed E-state index contributed by atoms with van der Waals surface area (Å²) in [4.78, 5) is 35.6. The van der Waals surface area contributed by atoms with Crippen molar-refractivity contribution in [2.45, 2.75) is 24.3 Å². The summed E-state index contributed by atoms with van der Waals surface area (Å²) < 4.78 is 37.0. The van der Waals surface area contributed by atoms with Crippen molar-refractivity contribution >= 4 is 27.3 Å². The van der Waals surface area contributed by atoms with E-state index in [0.29, 0.717) is 12.0 Å². The smallest absolute Gasteiger partial charge is 0.288 e. The Morgan fingerprint density at radius 2 is 1.87 bits per heavy atom. The molecule has 0 spiro atoms. The Labute approximate surface area is 178 Å². The van der Waals surface area contributed by atoms with Crippen LogP contribution in [0.5, 0.6) is 0 Å². The minimum Gasteiger partial charge on any atom is -0.352 e. The van der Waals surface area contributed by atoms with E-state index in [0.717, 1.165) is 18.4 Å². The highest BCUT2D eigenvalue weighted by atomic mass is 32.2. The summed E-state index contributed by atoms with van der Waals surface area (Å²) in [6, 6.07) is 9.25. The van der Waals surface area contributed by atoms with E-state index in [1.54, 1.807) is 25.2 Å². The van der Waals surface area contributed by atoms with Crippen LogP contribution in [0.1, 0.15) is 28.8 Å². The first kappa shape index (κ1) is 23.9. The highest BCUT2D eigenvalue weighted by molar-refractivity contribution is 7.90. The topological polar surface area (TPSA) is 127 Å². The van der Waals surface area contributed by atoms with Crippen molar-refractivity contribution < 1.29 is 27.3 Å². The van der Waals surface area contributed by atoms with Crippen LogP contribution in [0.4, 0.5) is 10.1 Å². The third-order valence-corrected chi connectivity index (χ3v) is 5.61. The number of nitrogens with zero attached hydrogens (tertiary/aromatic N) is 2. The molecule has 31 heavy (non-hydrogen) atoms. The van der Waals surface area contributed by atoms with Crippen LogP contribution in [-0.4, -0.2) is 49.9 Å². The van der Waals surface area contributed by atoms with Gasteiger partial charge in [-0.3, -0.25) is 19.7 Å². The second-order valence-corrected chi connectivity index (χ2v) is 8.90. The van der Waals surface area contributed by atoms with E-state index in [4.69, 9.17) is 0 Å². The number of amides is 2. The molecule has 0 heterocycles. The van der Waals surface area contributed by atoms with Crippen LogP contribution in [0.3, 0.4) is 0 Å². The van der Waals surface area contributed by atoms with Gasteiger partial charge in [0.15, 0.2) is 9.84 Å². The Bertz CT molecular complexity index is 1100. The SMILES string of the molecule is CN(Cc1ccccc1F)C(=O)CCCNC(=O)c1ccc(S(C)(=O)=O)c([N+](=O)[O-])c1. The summed E-state index contributed by atoms with van der Waals surface area (Å²) in [7, 11) is -2.27. The van der Waals surface area contributed by atoms with E-state index in [9.17, 15) is 32.5 Å². The van der Waals surface area contributed by atoms with E-state index in [-0.39, 0.29) is 31.0 Å². The number of carbonyl (C=O) groups excluding carboxylic acids is 2. The Balaban J connectivity index is 1.89. The third-order valence-electron chi connectivity index (χ3n) is 4.46. The molecule has 0 saturated carbocycles. The number of benzene rings is 2. The van der Waals surface area contributed by atoms with Crippen LogP contribution < -0.4 is 5.32 Å². The standard InChI is InChI=1S/C20H22FN3O6S/c1-23(13-15-6-3-4-7-16(15)21)19(25)8-5-11-22-20(26)14-9-10-18(31(2,29)30)17(12-14)24(27)28/h3-4,6-7,9-10,12H,5,8,11,13H2,1-2H3,(H,22,26). The highest BCUT2D eigenvalue weighted by Gasteiger charge is 2.24. The van der Waals surface area contributed by atoms with E-state index in [1.165, 1.54) is 17.0 Å². The number of carbonyl (C=O) groups is 2. The van der Waals surface area contributed by atoms with Crippen LogP contribution in [0, 0.1) is 15.9 Å². The van der Waals surface area contributed by atoms with E-state index in [2.05, 4.69) is 5.32 Å². The molecular formula is C20H22FN3O6S. The van der Waals surface area contributed by atoms with Gasteiger partial charge in [-0.2, -0.15) is 0 Å². The normalized spacial score (nSPS) is 11.1. The molecule has 0 atom stereocenters. The lowest BCUT2D eigenvalue weighted by Crippen LogP contribution is -2.29. The molecule has 9 nitrogen and oxygen atoms in total. The first-order chi connectivity index (χ1) is 14.5. The zero-order valence-corrected chi connectivity index (χ0v) is 17.8. The number of hydrogen-bond acceptors (Lipinski definition) is 6. The molecule has 0 aliphatic heterocycles. The lowest BCUT2D eigenvalue weighted by Gasteiger charge is -2.17. The molecule has 0 aliphatic rings. The highest BCUT2D eigenvalue weighted by Crippen LogP contribution is 2.25. The molecule has 166 valence electrons. The number of nitro benzene ring substituents is 1. The molecule has 1 N–H and O–H groups in total. The van der Waals surface area contributed by atoms with Gasteiger partial charge in [0.25, 0.3) is 11.6 Å². The van der Waals surface area contributed by atoms with Gasteiger partial charge in [0.05, 0.1) is 4.92 Å². The van der Waals surface area contributed by atoms with Crippen LogP contribution >= 0.6 is 0 Å². The Hall–Kier alpha value is -3.34. The van der Waals surface area contributed by atoms with Gasteiger partial charge in [-0.25, -0.2) is 12.8 Å². The number of sulfone groups is 1. The summed E-state index contributed by atoms with van der Waals surface area (Å²) in [6.45, 7) is 0.244. The second-order valence-electron chi connectivity index (χ2n) is 6.91. The first-order valence-electron chi connectivity index (χ1n) is 9.24. The van der Waals surface area contributed by atoms with Gasteiger partial charge in [0.2, 0.25) is 5.91 Å². The molecule has 0 aromatic heterocycles. The third kappa shape index (κ3) is 6.57. The zero-order chi connectivity index (χ0) is 23.2. The fraction of sp³-hybridized carbons (Fsp3) is 0.300. The Morgan fingerprint density at radius 1 is 1.19 bits per heavy atom. The minimum atomic E-state index is -3.82. The number of nitrogens with one attached hydrogen (secondary N) is 1. The number of hydrogen-bond donors (Lipinski definition) is 1. The molecule has 2 amide bonds. The maximum absolute atomic E-state index is 13.7. The quantitative estimate of drug-likeness (QED) is 0.354. The second kappa shape index (κ2) is 10.1. The van der Waals surface area contributed by atoms with E-state index >= 15 is 0 Å². The van der Waals surface area contributed by atoms with Gasteiger partial charge < -0.3 is 10.2 Å². The maximum Gasteiger partial charge on any atom is 0.288 e. The van der Waals surface area contributed by atoms with Crippen molar-refractivity contribution in [3.8, 4) is 0 Å². The van der Waals surface area contributed by atoms with Crippen molar-refractivity contribution in [1.82, 2.24) is 10.2 Å². The monoisotopic (exact) mass is 451 g/mol. The Kier molecular flexibility index (Phi) is 7.81. The van der Waals surface area contributed by atoms with Crippen molar-refractivity contribution in [3.05, 3.63) is 69.5 Å². The zero-order valence-electron chi connectivity index (χ0n) is 17.0. The van der Waals surface area contributed by atoms with Crippen molar-refractivity contribution in [2.75, 3.05) is 19.8 Å². The number of halogens is 1. The molecule has 2 aromatic carbocycles. The largest absolute Gasteiger partial charge is 0.352 e. The average molecular weight is 451 g/mol. The molecule has 0 radical (unpaired) electrons. The molecule has 0 bridgehead atoms. The van der Waals surface area contributed by atoms with Crippen LogP contribution in [-0.2, 0) is 21.2 Å². The van der Waals surface area contributed by atoms with Gasteiger partial charge in [0.1, 0.15) is 10.7 Å². The maximum atomic E-state index is 13.7. The van der Waals surface area contributed by atoms with Gasteiger partial charge in [-0.15, -0.1) is 0 Å². The van der Waals surface area contributed by atoms with Gasteiger partial charge in [0, 0.05) is 50.0 Å². The summed E-state index contributed by atoms with van der Waals surface area (Å²) in [5.74, 6) is -1.26. The lowest BCUT2D eigenvalue weighted by molar-refractivity contribution is -0.387. The van der Waals surface area contributed by atoms with Crippen molar-refractivity contribution in [2.24, 2.45) is 0 Å². The van der Waals surface area contributed by atoms with E-state index < -0.39 is 37.1 Å². The molecule has 2 rings (SSSR count). The lowest BCUT2D eigenvalue weighted by atomic mass is 10.1. The molecule has 0 fully saturated rings. The summed E-state index contributed by atoms with van der Waals surface area (Å²) in [5.41, 5.74) is -0.354. The van der Waals surface area contributed by atoms with E-state index in [1.807, 2.05) is 0 Å². The number of nitro groups is 1. The fourth-order valence-corrected chi connectivity index (χ4v) is 3.65. The molecule has 0 unspecified atom stereocenters. The van der Waals surface area contributed by atoms with Crippen LogP contribution in [0.25, 0.3) is 0 Å². The summed E-state index contributed by atoms with van der Waals surface area (Å²) in [5, 5.41) is 13.7. The summed E-state index contributed by atoms with van der Waals surface area (Å²) in [6.07, 6.45) is 1.25. The molecule has 0 saturated heterocycles. The predicted molar refractivity (Wildman–Crippen MR) is 111 cm³/mol. The van der Waals surface area contributed by atoms with Gasteiger partial charge >= 0.3 is 0 Å². The van der Waals surface area contributed by atoms with Crippen LogP contribution in [0.2, 0.25) is 0 Å². The fourth-order valence-electron chi connectivity index (χ4n) is 2.82. The van der Waals surface area contributed by atoms with Crippen LogP contribution in [0.15, 0.2) is 47.4 Å². The average Bonchev–Trinajstić information content (AvgIpc) is 2.71.